The number of rotatable bonds is 6. The monoisotopic (exact) mass is 439 g/mol. The number of ether oxygens (including phenoxy) is 2. The standard InChI is InChI=1S/C25H33N3O4/c1-31-24-20(8-5-13-26-24)23(30)27-18-25(19-6-3-2-4-7-19)11-9-21(22(29)10-12-25)28-14-16-32-17-15-28/h2-8,13,21-22,29H,9-12,14-18H2,1H3,(H,27,30)/t21-,22-,25-/m1/s1. The maximum absolute atomic E-state index is 13.0. The molecular formula is C25H33N3O4. The van der Waals surface area contributed by atoms with Crippen LogP contribution in [0.2, 0.25) is 0 Å². The second-order valence-electron chi connectivity index (χ2n) is 8.75. The van der Waals surface area contributed by atoms with Crippen molar-refractivity contribution in [3.63, 3.8) is 0 Å². The average molecular weight is 440 g/mol. The summed E-state index contributed by atoms with van der Waals surface area (Å²) in [5.74, 6) is 0.127. The fourth-order valence-corrected chi connectivity index (χ4v) is 5.12. The SMILES string of the molecule is COc1ncccc1C(=O)NC[C@]1(c2ccccc2)CC[C@@H](O)[C@H](N2CCOCC2)CC1. The normalized spacial score (nSPS) is 26.8. The van der Waals surface area contributed by atoms with E-state index >= 15 is 0 Å². The van der Waals surface area contributed by atoms with E-state index in [1.54, 1.807) is 18.3 Å². The Bertz CT molecular complexity index is 888. The number of carbonyl (C=O) groups excluding carboxylic acids is 1. The summed E-state index contributed by atoms with van der Waals surface area (Å²) in [4.78, 5) is 19.5. The van der Waals surface area contributed by atoms with Crippen molar-refractivity contribution in [3.05, 3.63) is 59.8 Å². The maximum atomic E-state index is 13.0. The molecule has 0 radical (unpaired) electrons. The number of carbonyl (C=O) groups is 1. The van der Waals surface area contributed by atoms with E-state index in [0.29, 0.717) is 24.4 Å². The van der Waals surface area contributed by atoms with Gasteiger partial charge in [0.15, 0.2) is 0 Å². The number of methoxy groups -OCH3 is 1. The highest BCUT2D eigenvalue weighted by Crippen LogP contribution is 2.39. The first-order valence-electron chi connectivity index (χ1n) is 11.5. The quantitative estimate of drug-likeness (QED) is 0.673. The van der Waals surface area contributed by atoms with Crippen molar-refractivity contribution in [3.8, 4) is 5.88 Å². The van der Waals surface area contributed by atoms with Crippen molar-refractivity contribution >= 4 is 5.91 Å². The van der Waals surface area contributed by atoms with Crippen LogP contribution < -0.4 is 10.1 Å². The lowest BCUT2D eigenvalue weighted by Crippen LogP contribution is -2.48. The Morgan fingerprint density at radius 2 is 1.94 bits per heavy atom. The van der Waals surface area contributed by atoms with E-state index in [2.05, 4.69) is 27.3 Å². The molecule has 1 aliphatic heterocycles. The van der Waals surface area contributed by atoms with Crippen LogP contribution in [0, 0.1) is 0 Å². The third-order valence-electron chi connectivity index (χ3n) is 6.98. The third-order valence-corrected chi connectivity index (χ3v) is 6.98. The molecule has 172 valence electrons. The average Bonchev–Trinajstić information content (AvgIpc) is 3.03. The molecular weight excluding hydrogens is 406 g/mol. The van der Waals surface area contributed by atoms with Crippen molar-refractivity contribution in [2.75, 3.05) is 40.0 Å². The lowest BCUT2D eigenvalue weighted by Gasteiger charge is -2.37. The minimum Gasteiger partial charge on any atom is -0.480 e. The van der Waals surface area contributed by atoms with Crippen LogP contribution in [-0.2, 0) is 10.2 Å². The first-order chi connectivity index (χ1) is 15.6. The molecule has 1 aliphatic carbocycles. The first kappa shape index (κ1) is 22.7. The number of hydrogen-bond donors (Lipinski definition) is 2. The van der Waals surface area contributed by atoms with Gasteiger partial charge in [0.1, 0.15) is 5.56 Å². The molecule has 1 amide bonds. The second kappa shape index (κ2) is 10.4. The fourth-order valence-electron chi connectivity index (χ4n) is 5.12. The number of aliphatic hydroxyl groups is 1. The lowest BCUT2D eigenvalue weighted by molar-refractivity contribution is -0.0236. The molecule has 2 fully saturated rings. The fraction of sp³-hybridized carbons (Fsp3) is 0.520. The van der Waals surface area contributed by atoms with Crippen LogP contribution in [0.4, 0.5) is 0 Å². The lowest BCUT2D eigenvalue weighted by atomic mass is 9.74. The van der Waals surface area contributed by atoms with Gasteiger partial charge >= 0.3 is 0 Å². The van der Waals surface area contributed by atoms with Gasteiger partial charge in [-0.25, -0.2) is 4.98 Å². The summed E-state index contributed by atoms with van der Waals surface area (Å²) < 4.78 is 10.8. The molecule has 0 bridgehead atoms. The van der Waals surface area contributed by atoms with Crippen LogP contribution >= 0.6 is 0 Å². The summed E-state index contributed by atoms with van der Waals surface area (Å²) in [5.41, 5.74) is 1.39. The molecule has 32 heavy (non-hydrogen) atoms. The highest BCUT2D eigenvalue weighted by molar-refractivity contribution is 5.96. The van der Waals surface area contributed by atoms with Crippen LogP contribution in [0.15, 0.2) is 48.7 Å². The van der Waals surface area contributed by atoms with Crippen LogP contribution in [0.5, 0.6) is 5.88 Å². The first-order valence-corrected chi connectivity index (χ1v) is 11.5. The summed E-state index contributed by atoms with van der Waals surface area (Å²) >= 11 is 0. The summed E-state index contributed by atoms with van der Waals surface area (Å²) in [6, 6.07) is 14.0. The third kappa shape index (κ3) is 4.95. The van der Waals surface area contributed by atoms with E-state index in [4.69, 9.17) is 9.47 Å². The van der Waals surface area contributed by atoms with Gasteiger partial charge in [0.2, 0.25) is 5.88 Å². The van der Waals surface area contributed by atoms with Crippen LogP contribution in [0.3, 0.4) is 0 Å². The number of pyridine rings is 1. The zero-order valence-corrected chi connectivity index (χ0v) is 18.7. The van der Waals surface area contributed by atoms with Gasteiger partial charge in [-0.15, -0.1) is 0 Å². The number of nitrogens with one attached hydrogen (secondary N) is 1. The second-order valence-corrected chi connectivity index (χ2v) is 8.75. The number of benzene rings is 1. The molecule has 0 spiro atoms. The molecule has 3 atom stereocenters. The largest absolute Gasteiger partial charge is 0.480 e. The Labute approximate surface area is 189 Å². The number of nitrogens with zero attached hydrogens (tertiary/aromatic N) is 2. The Hall–Kier alpha value is -2.48. The highest BCUT2D eigenvalue weighted by Gasteiger charge is 2.40. The predicted octanol–water partition coefficient (Wildman–Crippen LogP) is 2.39. The van der Waals surface area contributed by atoms with E-state index in [1.165, 1.54) is 12.7 Å². The van der Waals surface area contributed by atoms with E-state index in [0.717, 1.165) is 45.6 Å². The zero-order chi connectivity index (χ0) is 22.4. The van der Waals surface area contributed by atoms with Gasteiger partial charge in [0.25, 0.3) is 5.91 Å². The molecule has 4 rings (SSSR count). The van der Waals surface area contributed by atoms with Crippen molar-refractivity contribution in [1.82, 2.24) is 15.2 Å². The van der Waals surface area contributed by atoms with Gasteiger partial charge in [0, 0.05) is 37.3 Å². The van der Waals surface area contributed by atoms with Gasteiger partial charge < -0.3 is 19.9 Å². The van der Waals surface area contributed by atoms with E-state index in [9.17, 15) is 9.90 Å². The van der Waals surface area contributed by atoms with Gasteiger partial charge in [-0.3, -0.25) is 9.69 Å². The molecule has 1 aromatic carbocycles. The molecule has 2 heterocycles. The van der Waals surface area contributed by atoms with Crippen LogP contribution in [0.1, 0.15) is 41.6 Å². The number of aromatic nitrogens is 1. The molecule has 7 nitrogen and oxygen atoms in total. The van der Waals surface area contributed by atoms with Crippen LogP contribution in [0.25, 0.3) is 0 Å². The van der Waals surface area contributed by atoms with Crippen molar-refractivity contribution in [2.24, 2.45) is 0 Å². The highest BCUT2D eigenvalue weighted by atomic mass is 16.5. The van der Waals surface area contributed by atoms with Gasteiger partial charge in [0.05, 0.1) is 26.4 Å². The molecule has 1 aromatic heterocycles. The summed E-state index contributed by atoms with van der Waals surface area (Å²) in [7, 11) is 1.52. The zero-order valence-electron chi connectivity index (χ0n) is 18.7. The predicted molar refractivity (Wildman–Crippen MR) is 122 cm³/mol. The molecule has 1 saturated carbocycles. The topological polar surface area (TPSA) is 83.9 Å². The van der Waals surface area contributed by atoms with Crippen molar-refractivity contribution in [1.29, 1.82) is 0 Å². The van der Waals surface area contributed by atoms with Crippen LogP contribution in [-0.4, -0.2) is 73.0 Å². The summed E-state index contributed by atoms with van der Waals surface area (Å²) in [5, 5.41) is 14.2. The minimum absolute atomic E-state index is 0.124. The van der Waals surface area contributed by atoms with Crippen molar-refractivity contribution < 1.29 is 19.4 Å². The Morgan fingerprint density at radius 3 is 2.69 bits per heavy atom. The van der Waals surface area contributed by atoms with E-state index in [1.807, 2.05) is 18.2 Å². The molecule has 7 heteroatoms. The van der Waals surface area contributed by atoms with Crippen molar-refractivity contribution in [2.45, 2.75) is 43.2 Å². The molecule has 2 N–H and O–H groups in total. The molecule has 2 aromatic rings. The number of amides is 1. The Balaban J connectivity index is 1.54. The maximum Gasteiger partial charge on any atom is 0.256 e. The Kier molecular flexibility index (Phi) is 7.40. The number of hydrogen-bond acceptors (Lipinski definition) is 6. The smallest absolute Gasteiger partial charge is 0.256 e. The molecule has 2 aliphatic rings. The van der Waals surface area contributed by atoms with Gasteiger partial charge in [-0.05, 0) is 43.4 Å². The minimum atomic E-state index is -0.382. The van der Waals surface area contributed by atoms with Gasteiger partial charge in [-0.1, -0.05) is 30.3 Å². The molecule has 1 saturated heterocycles. The summed E-state index contributed by atoms with van der Waals surface area (Å²) in [6.07, 6.45) is 4.50. The van der Waals surface area contributed by atoms with Gasteiger partial charge in [-0.2, -0.15) is 0 Å². The summed E-state index contributed by atoms with van der Waals surface area (Å²) in [6.45, 7) is 3.65. The number of aliphatic hydroxyl groups excluding tert-OH is 1. The molecule has 0 unspecified atom stereocenters. The van der Waals surface area contributed by atoms with E-state index < -0.39 is 0 Å². The number of morpholine rings is 1. The Morgan fingerprint density at radius 1 is 1.19 bits per heavy atom. The van der Waals surface area contributed by atoms with E-state index in [-0.39, 0.29) is 23.5 Å².